The molecule has 0 amide bonds. The van der Waals surface area contributed by atoms with Crippen LogP contribution in [0.25, 0.3) is 0 Å². The van der Waals surface area contributed by atoms with Crippen LogP contribution in [0, 0.1) is 29.1 Å². The van der Waals surface area contributed by atoms with E-state index in [1.165, 1.54) is 88.7 Å². The zero-order valence-corrected chi connectivity index (χ0v) is 19.6. The van der Waals surface area contributed by atoms with Crippen molar-refractivity contribution in [1.29, 1.82) is 5.26 Å². The highest BCUT2D eigenvalue weighted by atomic mass is 19.1. The van der Waals surface area contributed by atoms with Crippen molar-refractivity contribution in [2.75, 3.05) is 0 Å². The fourth-order valence-electron chi connectivity index (χ4n) is 5.98. The van der Waals surface area contributed by atoms with E-state index in [2.05, 4.69) is 31.2 Å². The number of nitriles is 1. The van der Waals surface area contributed by atoms with Crippen LogP contribution in [0.3, 0.4) is 0 Å². The summed E-state index contributed by atoms with van der Waals surface area (Å²) in [7, 11) is 0. The van der Waals surface area contributed by atoms with Crippen molar-refractivity contribution in [1.82, 2.24) is 0 Å². The third-order valence-corrected chi connectivity index (χ3v) is 8.15. The predicted octanol–water partition coefficient (Wildman–Crippen LogP) is 9.05. The van der Waals surface area contributed by atoms with Crippen molar-refractivity contribution in [3.63, 3.8) is 0 Å². The first kappa shape index (κ1) is 24.0. The molecule has 0 radical (unpaired) electrons. The molecule has 0 atom stereocenters. The number of aryl methyl sites for hydroxylation is 1. The summed E-state index contributed by atoms with van der Waals surface area (Å²) in [6.45, 7) is 2.23. The number of hydrogen-bond donors (Lipinski definition) is 0. The number of hydrogen-bond acceptors (Lipinski definition) is 1. The third kappa shape index (κ3) is 8.10. The first-order chi connectivity index (χ1) is 15.2. The molecule has 2 fully saturated rings. The van der Waals surface area contributed by atoms with Crippen molar-refractivity contribution in [3.05, 3.63) is 47.3 Å². The van der Waals surface area contributed by atoms with E-state index in [0.717, 1.165) is 42.9 Å². The van der Waals surface area contributed by atoms with Crippen molar-refractivity contribution in [2.24, 2.45) is 17.8 Å². The van der Waals surface area contributed by atoms with Gasteiger partial charge in [0.05, 0.1) is 0 Å². The number of benzene rings is 1. The van der Waals surface area contributed by atoms with Gasteiger partial charge in [0.15, 0.2) is 5.83 Å². The molecule has 1 nitrogen and oxygen atoms in total. The van der Waals surface area contributed by atoms with Gasteiger partial charge in [0.25, 0.3) is 0 Å². The minimum atomic E-state index is -0.618. The second-order valence-corrected chi connectivity index (χ2v) is 10.2. The van der Waals surface area contributed by atoms with Gasteiger partial charge in [-0.1, -0.05) is 82.6 Å². The first-order valence-electron chi connectivity index (χ1n) is 13.0. The summed E-state index contributed by atoms with van der Waals surface area (Å²) in [6.07, 6.45) is 21.0. The Morgan fingerprint density at radius 2 is 1.39 bits per heavy atom. The second kappa shape index (κ2) is 13.0. The monoisotopic (exact) mass is 423 g/mol. The van der Waals surface area contributed by atoms with E-state index in [9.17, 15) is 4.39 Å². The molecule has 3 rings (SSSR count). The van der Waals surface area contributed by atoms with Crippen molar-refractivity contribution < 1.29 is 4.39 Å². The lowest BCUT2D eigenvalue weighted by Crippen LogP contribution is -2.15. The van der Waals surface area contributed by atoms with Crippen LogP contribution < -0.4 is 0 Å². The van der Waals surface area contributed by atoms with E-state index >= 15 is 0 Å². The fraction of sp³-hybridized carbons (Fsp3) is 0.690. The lowest BCUT2D eigenvalue weighted by atomic mass is 9.76. The summed E-state index contributed by atoms with van der Waals surface area (Å²) < 4.78 is 12.9. The summed E-state index contributed by atoms with van der Waals surface area (Å²) in [5.41, 5.74) is 3.02. The quantitative estimate of drug-likeness (QED) is 0.272. The maximum absolute atomic E-state index is 12.9. The third-order valence-electron chi connectivity index (χ3n) is 8.15. The molecule has 0 bridgehead atoms. The minimum Gasteiger partial charge on any atom is -0.195 e. The van der Waals surface area contributed by atoms with E-state index in [4.69, 9.17) is 5.26 Å². The molecule has 0 N–H and O–H groups in total. The van der Waals surface area contributed by atoms with Crippen LogP contribution in [0.5, 0.6) is 0 Å². The van der Waals surface area contributed by atoms with E-state index in [1.54, 1.807) is 11.6 Å². The molecule has 31 heavy (non-hydrogen) atoms. The highest BCUT2D eigenvalue weighted by Crippen LogP contribution is 2.38. The zero-order valence-electron chi connectivity index (χ0n) is 19.6. The summed E-state index contributed by atoms with van der Waals surface area (Å²) in [5, 5.41) is 8.47. The van der Waals surface area contributed by atoms with Gasteiger partial charge < -0.3 is 0 Å². The number of unbranched alkanes of at least 4 members (excludes halogenated alkanes) is 1. The first-order valence-corrected chi connectivity index (χ1v) is 13.0. The smallest absolute Gasteiger partial charge is 0.195 e. The molecule has 2 heteroatoms. The normalized spacial score (nSPS) is 27.1. The topological polar surface area (TPSA) is 23.8 Å². The molecular weight excluding hydrogens is 381 g/mol. The average Bonchev–Trinajstić information content (AvgIpc) is 2.83. The molecule has 0 saturated heterocycles. The van der Waals surface area contributed by atoms with E-state index in [-0.39, 0.29) is 0 Å². The lowest BCUT2D eigenvalue weighted by Gasteiger charge is -2.30. The van der Waals surface area contributed by atoms with Gasteiger partial charge in [0, 0.05) is 0 Å². The maximum atomic E-state index is 12.9. The van der Waals surface area contributed by atoms with Gasteiger partial charge in [0.2, 0.25) is 0 Å². The van der Waals surface area contributed by atoms with Gasteiger partial charge in [0.1, 0.15) is 6.07 Å². The minimum absolute atomic E-state index is 0.618. The van der Waals surface area contributed by atoms with Gasteiger partial charge in [-0.25, -0.2) is 0 Å². The predicted molar refractivity (Wildman–Crippen MR) is 128 cm³/mol. The van der Waals surface area contributed by atoms with Gasteiger partial charge in [-0.2, -0.15) is 9.65 Å². The summed E-state index contributed by atoms with van der Waals surface area (Å²) in [6, 6.07) is 11.0. The van der Waals surface area contributed by atoms with Crippen LogP contribution >= 0.6 is 0 Å². The van der Waals surface area contributed by atoms with Crippen LogP contribution in [0.2, 0.25) is 0 Å². The van der Waals surface area contributed by atoms with Gasteiger partial charge in [-0.3, -0.25) is 0 Å². The van der Waals surface area contributed by atoms with E-state index < -0.39 is 5.83 Å². The lowest BCUT2D eigenvalue weighted by molar-refractivity contribution is 0.244. The van der Waals surface area contributed by atoms with Gasteiger partial charge in [-0.15, -0.1) is 0 Å². The Morgan fingerprint density at radius 3 is 1.90 bits per heavy atom. The number of rotatable bonds is 10. The molecule has 2 saturated carbocycles. The zero-order chi connectivity index (χ0) is 21.9. The van der Waals surface area contributed by atoms with Crippen molar-refractivity contribution in [2.45, 2.75) is 109 Å². The molecule has 0 aliphatic heterocycles. The molecule has 0 spiro atoms. The summed E-state index contributed by atoms with van der Waals surface area (Å²) in [4.78, 5) is 0. The Labute approximate surface area is 190 Å². The van der Waals surface area contributed by atoms with Crippen LogP contribution in [0.15, 0.2) is 36.2 Å². The number of nitrogens with zero attached hydrogens (tertiary/aromatic N) is 1. The standard InChI is InChI=1S/C29H42FN/c1-2-23-14-18-27(19-15-23)28-20-16-25(17-21-28)7-4-3-6-24-10-12-26(13-11-24)8-5-9-29(30)22-31/h9,14-15,18-19,24-26,28H,2-8,10-13,16-17,20-21H2,1H3/b29-9-/t24-,25-,26-,28-. The van der Waals surface area contributed by atoms with Crippen molar-refractivity contribution >= 4 is 0 Å². The molecule has 0 heterocycles. The Kier molecular flexibility index (Phi) is 10.1. The Balaban J connectivity index is 1.23. The Hall–Kier alpha value is -1.62. The fourth-order valence-corrected chi connectivity index (χ4v) is 5.98. The van der Waals surface area contributed by atoms with E-state index in [0.29, 0.717) is 0 Å². The number of halogens is 1. The molecule has 0 unspecified atom stereocenters. The average molecular weight is 424 g/mol. The molecular formula is C29H42FN. The highest BCUT2D eigenvalue weighted by Gasteiger charge is 2.23. The number of allylic oxidation sites excluding steroid dienone is 2. The van der Waals surface area contributed by atoms with Crippen LogP contribution in [-0.2, 0) is 6.42 Å². The molecule has 2 aliphatic rings. The molecule has 170 valence electrons. The Morgan fingerprint density at radius 1 is 0.871 bits per heavy atom. The summed E-state index contributed by atoms with van der Waals surface area (Å²) >= 11 is 0. The highest BCUT2D eigenvalue weighted by molar-refractivity contribution is 5.25. The molecule has 1 aromatic carbocycles. The summed E-state index contributed by atoms with van der Waals surface area (Å²) in [5.74, 6) is 2.80. The second-order valence-electron chi connectivity index (χ2n) is 10.2. The SMILES string of the molecule is CCc1ccc([C@H]2CC[C@H](CCCC[C@H]3CC[C@H](CC/C=C(\F)C#N)CC3)CC2)cc1. The molecule has 2 aliphatic carbocycles. The van der Waals surface area contributed by atoms with E-state index in [1.807, 2.05) is 0 Å². The van der Waals surface area contributed by atoms with Crippen molar-refractivity contribution in [3.8, 4) is 6.07 Å². The van der Waals surface area contributed by atoms with Gasteiger partial charge >= 0.3 is 0 Å². The van der Waals surface area contributed by atoms with Crippen LogP contribution in [-0.4, -0.2) is 0 Å². The Bertz CT molecular complexity index is 697. The van der Waals surface area contributed by atoms with Crippen LogP contribution in [0.1, 0.15) is 114 Å². The molecule has 0 aromatic heterocycles. The van der Waals surface area contributed by atoms with Gasteiger partial charge in [-0.05, 0) is 85.8 Å². The maximum Gasteiger partial charge on any atom is 0.196 e. The molecule has 1 aromatic rings. The van der Waals surface area contributed by atoms with Crippen LogP contribution in [0.4, 0.5) is 4.39 Å². The largest absolute Gasteiger partial charge is 0.196 e.